The summed E-state index contributed by atoms with van der Waals surface area (Å²) in [6, 6.07) is 15.0. The first-order chi connectivity index (χ1) is 14.8. The number of aromatic amines is 2. The standard InChI is InChI=1S/C19H13ClN10/c20-12-5-3-6-13(8-12)24-17-15-18(25-26-19(15)23-10-22-17)21-9-11-4-1-2-7-14(11)16-27-29-30-28-16/h1-10H,(H,27,28,29,30)(H2,22,23,24,25,26). The van der Waals surface area contributed by atoms with Gasteiger partial charge in [0.1, 0.15) is 17.5 Å². The lowest BCUT2D eigenvalue weighted by atomic mass is 10.1. The van der Waals surface area contributed by atoms with Gasteiger partial charge in [0, 0.05) is 28.1 Å². The number of hydrogen-bond acceptors (Lipinski definition) is 8. The summed E-state index contributed by atoms with van der Waals surface area (Å²) in [6.45, 7) is 0. The van der Waals surface area contributed by atoms with E-state index in [0.717, 1.165) is 16.8 Å². The molecule has 0 saturated heterocycles. The maximum absolute atomic E-state index is 6.08. The van der Waals surface area contributed by atoms with E-state index < -0.39 is 0 Å². The Morgan fingerprint density at radius 3 is 2.83 bits per heavy atom. The molecular weight excluding hydrogens is 404 g/mol. The van der Waals surface area contributed by atoms with E-state index in [1.54, 1.807) is 18.3 Å². The summed E-state index contributed by atoms with van der Waals surface area (Å²) in [7, 11) is 0. The smallest absolute Gasteiger partial charge is 0.205 e. The van der Waals surface area contributed by atoms with Gasteiger partial charge in [-0.05, 0) is 23.4 Å². The summed E-state index contributed by atoms with van der Waals surface area (Å²) in [5.41, 5.74) is 2.91. The van der Waals surface area contributed by atoms with E-state index in [0.29, 0.717) is 33.5 Å². The summed E-state index contributed by atoms with van der Waals surface area (Å²) in [5, 5.41) is 25.8. The normalized spacial score (nSPS) is 11.4. The van der Waals surface area contributed by atoms with Crippen LogP contribution in [0, 0.1) is 0 Å². The fourth-order valence-corrected chi connectivity index (χ4v) is 3.15. The quantitative estimate of drug-likeness (QED) is 0.372. The molecule has 0 radical (unpaired) electrons. The third kappa shape index (κ3) is 3.47. The van der Waals surface area contributed by atoms with Gasteiger partial charge in [-0.25, -0.2) is 15.0 Å². The van der Waals surface area contributed by atoms with Crippen molar-refractivity contribution in [3.63, 3.8) is 0 Å². The first-order valence-electron chi connectivity index (χ1n) is 8.86. The van der Waals surface area contributed by atoms with Crippen molar-refractivity contribution in [1.29, 1.82) is 0 Å². The molecule has 0 amide bonds. The number of aliphatic imine (C=N–C) groups is 1. The van der Waals surface area contributed by atoms with Crippen LogP contribution < -0.4 is 5.32 Å². The van der Waals surface area contributed by atoms with Gasteiger partial charge in [-0.1, -0.05) is 41.9 Å². The maximum atomic E-state index is 6.08. The molecular formula is C19H13ClN10. The highest BCUT2D eigenvalue weighted by Crippen LogP contribution is 2.30. The van der Waals surface area contributed by atoms with Crippen molar-refractivity contribution in [3.05, 3.63) is 65.4 Å². The average molecular weight is 417 g/mol. The molecule has 3 N–H and O–H groups in total. The maximum Gasteiger partial charge on any atom is 0.205 e. The highest BCUT2D eigenvalue weighted by molar-refractivity contribution is 6.30. The van der Waals surface area contributed by atoms with Crippen molar-refractivity contribution in [1.82, 2.24) is 40.8 Å². The third-order valence-electron chi connectivity index (χ3n) is 4.30. The van der Waals surface area contributed by atoms with E-state index in [1.807, 2.05) is 36.4 Å². The third-order valence-corrected chi connectivity index (χ3v) is 4.53. The second kappa shape index (κ2) is 7.68. The largest absolute Gasteiger partial charge is 0.339 e. The molecule has 11 heteroatoms. The van der Waals surface area contributed by atoms with Crippen LogP contribution in [0.15, 0.2) is 59.9 Å². The zero-order chi connectivity index (χ0) is 20.3. The molecule has 0 aliphatic carbocycles. The zero-order valence-corrected chi connectivity index (χ0v) is 16.0. The van der Waals surface area contributed by atoms with Crippen molar-refractivity contribution in [3.8, 4) is 11.4 Å². The van der Waals surface area contributed by atoms with E-state index in [-0.39, 0.29) is 0 Å². The molecule has 0 bridgehead atoms. The van der Waals surface area contributed by atoms with Gasteiger partial charge in [-0.3, -0.25) is 5.10 Å². The van der Waals surface area contributed by atoms with Crippen molar-refractivity contribution in [2.24, 2.45) is 4.99 Å². The number of tetrazole rings is 1. The number of nitrogens with one attached hydrogen (secondary N) is 3. The van der Waals surface area contributed by atoms with Crippen LogP contribution in [0.2, 0.25) is 5.02 Å². The van der Waals surface area contributed by atoms with E-state index >= 15 is 0 Å². The predicted octanol–water partition coefficient (Wildman–Crippen LogP) is 3.68. The highest BCUT2D eigenvalue weighted by Gasteiger charge is 2.13. The molecule has 2 aromatic carbocycles. The van der Waals surface area contributed by atoms with Crippen molar-refractivity contribution < 1.29 is 0 Å². The molecule has 5 aromatic rings. The molecule has 0 fully saturated rings. The van der Waals surface area contributed by atoms with Gasteiger partial charge in [0.2, 0.25) is 5.82 Å². The Labute approximate surface area is 174 Å². The summed E-state index contributed by atoms with van der Waals surface area (Å²) in [6.07, 6.45) is 3.14. The number of hydrogen-bond donors (Lipinski definition) is 3. The van der Waals surface area contributed by atoms with E-state index in [2.05, 4.69) is 51.1 Å². The Morgan fingerprint density at radius 1 is 1.03 bits per heavy atom. The number of aromatic nitrogens is 8. The molecule has 3 aromatic heterocycles. The molecule has 0 atom stereocenters. The molecule has 3 heterocycles. The molecule has 0 aliphatic rings. The first kappa shape index (κ1) is 17.9. The monoisotopic (exact) mass is 416 g/mol. The van der Waals surface area contributed by atoms with Crippen molar-refractivity contribution in [2.75, 3.05) is 5.32 Å². The van der Waals surface area contributed by atoms with Gasteiger partial charge >= 0.3 is 0 Å². The summed E-state index contributed by atoms with van der Waals surface area (Å²) >= 11 is 6.08. The lowest BCUT2D eigenvalue weighted by Gasteiger charge is -2.06. The molecule has 5 rings (SSSR count). The molecule has 30 heavy (non-hydrogen) atoms. The molecule has 10 nitrogen and oxygen atoms in total. The van der Waals surface area contributed by atoms with E-state index in [4.69, 9.17) is 11.6 Å². The van der Waals surface area contributed by atoms with Crippen LogP contribution in [0.25, 0.3) is 22.4 Å². The number of anilines is 2. The minimum atomic E-state index is 0.484. The molecule has 0 aliphatic heterocycles. The number of halogens is 1. The van der Waals surface area contributed by atoms with E-state index in [9.17, 15) is 0 Å². The minimum absolute atomic E-state index is 0.484. The fraction of sp³-hybridized carbons (Fsp3) is 0. The molecule has 0 spiro atoms. The highest BCUT2D eigenvalue weighted by atomic mass is 35.5. The SMILES string of the molecule is Clc1cccc(Nc2ncnc3n[nH]c(N=Cc4ccccc4-c4nn[nH]n4)c23)c1. The molecule has 0 saturated carbocycles. The Morgan fingerprint density at radius 2 is 1.97 bits per heavy atom. The van der Waals surface area contributed by atoms with Gasteiger partial charge < -0.3 is 5.32 Å². The Kier molecular flexibility index (Phi) is 4.58. The Balaban J connectivity index is 1.53. The minimum Gasteiger partial charge on any atom is -0.339 e. The summed E-state index contributed by atoms with van der Waals surface area (Å²) in [5.74, 6) is 1.56. The van der Waals surface area contributed by atoms with Crippen LogP contribution in [0.4, 0.5) is 17.3 Å². The second-order valence-corrected chi connectivity index (χ2v) is 6.65. The lowest BCUT2D eigenvalue weighted by molar-refractivity contribution is 0.881. The zero-order valence-electron chi connectivity index (χ0n) is 15.3. The number of nitrogens with zero attached hydrogens (tertiary/aromatic N) is 7. The number of fused-ring (bicyclic) bond motifs is 1. The molecule has 0 unspecified atom stereocenters. The molecule has 146 valence electrons. The number of H-pyrrole nitrogens is 2. The topological polar surface area (TPSA) is 133 Å². The van der Waals surface area contributed by atoms with Crippen LogP contribution >= 0.6 is 11.6 Å². The van der Waals surface area contributed by atoms with Gasteiger partial charge in [-0.2, -0.15) is 10.3 Å². The number of rotatable bonds is 5. The van der Waals surface area contributed by atoms with Crippen LogP contribution in [0.5, 0.6) is 0 Å². The van der Waals surface area contributed by atoms with Gasteiger partial charge in [0.25, 0.3) is 0 Å². The van der Waals surface area contributed by atoms with Gasteiger partial charge in [0.15, 0.2) is 11.5 Å². The van der Waals surface area contributed by atoms with Crippen LogP contribution in [-0.4, -0.2) is 47.0 Å². The second-order valence-electron chi connectivity index (χ2n) is 6.21. The summed E-state index contributed by atoms with van der Waals surface area (Å²) in [4.78, 5) is 13.1. The van der Waals surface area contributed by atoms with Gasteiger partial charge in [-0.15, -0.1) is 10.2 Å². The van der Waals surface area contributed by atoms with Gasteiger partial charge in [0.05, 0.1) is 0 Å². The van der Waals surface area contributed by atoms with Crippen LogP contribution in [-0.2, 0) is 0 Å². The lowest BCUT2D eigenvalue weighted by Crippen LogP contribution is -1.95. The Bertz CT molecular complexity index is 1340. The van der Waals surface area contributed by atoms with Crippen molar-refractivity contribution in [2.45, 2.75) is 0 Å². The first-order valence-corrected chi connectivity index (χ1v) is 9.24. The number of benzene rings is 2. The van der Waals surface area contributed by atoms with Crippen LogP contribution in [0.1, 0.15) is 5.56 Å². The average Bonchev–Trinajstić information content (AvgIpc) is 3.43. The predicted molar refractivity (Wildman–Crippen MR) is 113 cm³/mol. The van der Waals surface area contributed by atoms with E-state index in [1.165, 1.54) is 6.33 Å². The fourth-order valence-electron chi connectivity index (χ4n) is 2.96. The van der Waals surface area contributed by atoms with Crippen LogP contribution in [0.3, 0.4) is 0 Å². The van der Waals surface area contributed by atoms with Crippen molar-refractivity contribution >= 4 is 46.2 Å². The Hall–Kier alpha value is -4.18. The summed E-state index contributed by atoms with van der Waals surface area (Å²) < 4.78 is 0.